The van der Waals surface area contributed by atoms with Gasteiger partial charge in [-0.3, -0.25) is 0 Å². The summed E-state index contributed by atoms with van der Waals surface area (Å²) >= 11 is 3.77. The van der Waals surface area contributed by atoms with E-state index in [0.717, 1.165) is 0 Å². The van der Waals surface area contributed by atoms with Crippen LogP contribution in [0.5, 0.6) is 0 Å². The summed E-state index contributed by atoms with van der Waals surface area (Å²) in [5.74, 6) is 0. The quantitative estimate of drug-likeness (QED) is 0.188. The smallest absolute Gasteiger partial charge is 0.0547 e. The van der Waals surface area contributed by atoms with E-state index in [-0.39, 0.29) is 0 Å². The van der Waals surface area contributed by atoms with Crippen LogP contribution in [0.25, 0.3) is 90.1 Å². The van der Waals surface area contributed by atoms with Crippen molar-refractivity contribution in [2.24, 2.45) is 0 Å². The molecule has 1 nitrogen and oxygen atoms in total. The SMILES string of the molecule is c1ccc(-c2cc(-n3c4ccccc4c4ccc(-c5ccc6c(c5)sc5ccccc56)cc43)cc3c2sc2ccccc23)cc1. The van der Waals surface area contributed by atoms with Gasteiger partial charge in [0.1, 0.15) is 0 Å². The molecule has 0 spiro atoms. The van der Waals surface area contributed by atoms with Gasteiger partial charge in [0.2, 0.25) is 0 Å². The first-order valence-corrected chi connectivity index (χ1v) is 16.9. The molecule has 10 aromatic rings. The van der Waals surface area contributed by atoms with E-state index in [9.17, 15) is 0 Å². The molecule has 45 heavy (non-hydrogen) atoms. The minimum absolute atomic E-state index is 1.19. The second-order valence-electron chi connectivity index (χ2n) is 11.7. The van der Waals surface area contributed by atoms with Crippen LogP contribution in [0, 0.1) is 0 Å². The van der Waals surface area contributed by atoms with E-state index in [1.807, 2.05) is 22.7 Å². The Morgan fingerprint density at radius 1 is 0.356 bits per heavy atom. The van der Waals surface area contributed by atoms with Crippen molar-refractivity contribution in [2.45, 2.75) is 0 Å². The molecule has 0 bridgehead atoms. The monoisotopic (exact) mass is 607 g/mol. The minimum Gasteiger partial charge on any atom is -0.309 e. The molecule has 0 aliphatic carbocycles. The second-order valence-corrected chi connectivity index (χ2v) is 13.9. The molecular formula is C42H25NS2. The van der Waals surface area contributed by atoms with Gasteiger partial charge in [-0.05, 0) is 59.2 Å². The van der Waals surface area contributed by atoms with Crippen molar-refractivity contribution in [3.63, 3.8) is 0 Å². The number of benzene rings is 7. The van der Waals surface area contributed by atoms with E-state index >= 15 is 0 Å². The Balaban J connectivity index is 1.26. The lowest BCUT2D eigenvalue weighted by Gasteiger charge is -2.13. The summed E-state index contributed by atoms with van der Waals surface area (Å²) in [5, 5.41) is 7.84. The highest BCUT2D eigenvalue weighted by atomic mass is 32.1. The molecule has 0 aliphatic rings. The predicted molar refractivity (Wildman–Crippen MR) is 197 cm³/mol. The standard InChI is InChI=1S/C42H25NS2/c1-2-10-26(11-3-1)35-24-29(25-36-33-14-6-9-17-40(33)45-42(35)36)43-37-15-7-4-12-30(37)31-20-18-27(22-38(31)43)28-19-21-34-32-13-5-8-16-39(32)44-41(34)23-28/h1-25H. The van der Waals surface area contributed by atoms with Crippen LogP contribution < -0.4 is 0 Å². The normalized spacial score (nSPS) is 12.0. The summed E-state index contributed by atoms with van der Waals surface area (Å²) in [7, 11) is 0. The second kappa shape index (κ2) is 9.64. The molecule has 0 saturated carbocycles. The van der Waals surface area contributed by atoms with E-state index in [1.54, 1.807) is 0 Å². The third-order valence-electron chi connectivity index (χ3n) is 9.19. The molecule has 0 unspecified atom stereocenters. The van der Waals surface area contributed by atoms with Crippen LogP contribution in [0.2, 0.25) is 0 Å². The first-order valence-electron chi connectivity index (χ1n) is 15.3. The van der Waals surface area contributed by atoms with Crippen LogP contribution in [-0.2, 0) is 0 Å². The summed E-state index contributed by atoms with van der Waals surface area (Å²) in [5.41, 5.74) is 8.64. The zero-order valence-corrected chi connectivity index (χ0v) is 25.8. The average Bonchev–Trinajstić information content (AvgIpc) is 3.77. The molecule has 10 rings (SSSR count). The highest BCUT2D eigenvalue weighted by Crippen LogP contribution is 2.44. The maximum atomic E-state index is 2.48. The molecule has 0 atom stereocenters. The lowest BCUT2D eigenvalue weighted by atomic mass is 10.0. The van der Waals surface area contributed by atoms with Gasteiger partial charge in [0.15, 0.2) is 0 Å². The fourth-order valence-corrected chi connectivity index (χ4v) is 9.47. The van der Waals surface area contributed by atoms with Crippen molar-refractivity contribution in [1.82, 2.24) is 4.57 Å². The number of para-hydroxylation sites is 1. The van der Waals surface area contributed by atoms with E-state index in [4.69, 9.17) is 0 Å². The molecule has 3 aromatic heterocycles. The third-order valence-corrected chi connectivity index (χ3v) is 11.5. The molecule has 0 saturated heterocycles. The van der Waals surface area contributed by atoms with Gasteiger partial charge < -0.3 is 4.57 Å². The average molecular weight is 608 g/mol. The van der Waals surface area contributed by atoms with E-state index in [2.05, 4.69) is 156 Å². The third kappa shape index (κ3) is 3.78. The van der Waals surface area contributed by atoms with Crippen molar-refractivity contribution in [3.8, 4) is 27.9 Å². The van der Waals surface area contributed by atoms with Gasteiger partial charge in [0, 0.05) is 62.4 Å². The Kier molecular flexibility index (Phi) is 5.39. The Bertz CT molecular complexity index is 2760. The van der Waals surface area contributed by atoms with Gasteiger partial charge in [-0.15, -0.1) is 22.7 Å². The Labute approximate surface area is 267 Å². The van der Waals surface area contributed by atoms with Gasteiger partial charge >= 0.3 is 0 Å². The molecule has 0 aliphatic heterocycles. The van der Waals surface area contributed by atoms with Crippen molar-refractivity contribution >= 4 is 84.8 Å². The largest absolute Gasteiger partial charge is 0.309 e. The van der Waals surface area contributed by atoms with E-state index in [1.165, 1.54) is 90.1 Å². The lowest BCUT2D eigenvalue weighted by molar-refractivity contribution is 1.19. The van der Waals surface area contributed by atoms with Crippen LogP contribution in [-0.4, -0.2) is 4.57 Å². The van der Waals surface area contributed by atoms with Gasteiger partial charge in [-0.2, -0.15) is 0 Å². The number of hydrogen-bond donors (Lipinski definition) is 0. The van der Waals surface area contributed by atoms with Crippen molar-refractivity contribution < 1.29 is 0 Å². The molecule has 0 radical (unpaired) electrons. The zero-order valence-electron chi connectivity index (χ0n) is 24.2. The fraction of sp³-hybridized carbons (Fsp3) is 0. The first-order chi connectivity index (χ1) is 22.3. The minimum atomic E-state index is 1.19. The first kappa shape index (κ1) is 25.1. The van der Waals surface area contributed by atoms with Crippen LogP contribution in [0.3, 0.4) is 0 Å². The summed E-state index contributed by atoms with van der Waals surface area (Å²) in [6.45, 7) is 0. The molecule has 0 N–H and O–H groups in total. The van der Waals surface area contributed by atoms with Crippen molar-refractivity contribution in [1.29, 1.82) is 0 Å². The molecule has 3 heterocycles. The maximum Gasteiger partial charge on any atom is 0.0547 e. The number of aromatic nitrogens is 1. The van der Waals surface area contributed by atoms with Gasteiger partial charge in [-0.1, -0.05) is 109 Å². The molecule has 0 amide bonds. The maximum absolute atomic E-state index is 2.48. The highest BCUT2D eigenvalue weighted by Gasteiger charge is 2.18. The summed E-state index contributed by atoms with van der Waals surface area (Å²) in [6.07, 6.45) is 0. The summed E-state index contributed by atoms with van der Waals surface area (Å²) in [4.78, 5) is 0. The topological polar surface area (TPSA) is 4.93 Å². The van der Waals surface area contributed by atoms with Crippen LogP contribution in [0.4, 0.5) is 0 Å². The Hall–Kier alpha value is -5.22. The number of thiophene rings is 2. The van der Waals surface area contributed by atoms with E-state index in [0.29, 0.717) is 0 Å². The van der Waals surface area contributed by atoms with Gasteiger partial charge in [-0.25, -0.2) is 0 Å². The van der Waals surface area contributed by atoms with E-state index < -0.39 is 0 Å². The van der Waals surface area contributed by atoms with Crippen LogP contribution >= 0.6 is 22.7 Å². The van der Waals surface area contributed by atoms with Gasteiger partial charge in [0.25, 0.3) is 0 Å². The Morgan fingerprint density at radius 3 is 1.78 bits per heavy atom. The molecule has 210 valence electrons. The lowest BCUT2D eigenvalue weighted by Crippen LogP contribution is -1.95. The highest BCUT2D eigenvalue weighted by molar-refractivity contribution is 7.26. The molecule has 7 aromatic carbocycles. The van der Waals surface area contributed by atoms with Crippen molar-refractivity contribution in [2.75, 3.05) is 0 Å². The summed E-state index contributed by atoms with van der Waals surface area (Å²) in [6, 6.07) is 55.9. The predicted octanol–water partition coefficient (Wildman–Crippen LogP) is 12.9. The number of hydrogen-bond acceptors (Lipinski definition) is 2. The number of nitrogens with zero attached hydrogens (tertiary/aromatic N) is 1. The van der Waals surface area contributed by atoms with Crippen LogP contribution in [0.1, 0.15) is 0 Å². The van der Waals surface area contributed by atoms with Crippen LogP contribution in [0.15, 0.2) is 152 Å². The number of rotatable bonds is 3. The molecular weight excluding hydrogens is 583 g/mol. The summed E-state index contributed by atoms with van der Waals surface area (Å²) < 4.78 is 7.81. The fourth-order valence-electron chi connectivity index (χ4n) is 7.11. The van der Waals surface area contributed by atoms with Gasteiger partial charge in [0.05, 0.1) is 11.0 Å². The number of fused-ring (bicyclic) bond motifs is 9. The Morgan fingerprint density at radius 2 is 0.956 bits per heavy atom. The van der Waals surface area contributed by atoms with Crippen molar-refractivity contribution in [3.05, 3.63) is 152 Å². The molecule has 0 fully saturated rings. The zero-order chi connectivity index (χ0) is 29.5. The molecule has 3 heteroatoms.